The third-order valence-electron chi connectivity index (χ3n) is 5.38. The van der Waals surface area contributed by atoms with Crippen LogP contribution >= 0.6 is 12.2 Å². The number of phenolic OH excluding ortho intramolecular Hbond substituents is 1. The Bertz CT molecular complexity index is 1420. The van der Waals surface area contributed by atoms with Crippen molar-refractivity contribution in [2.45, 2.75) is 13.3 Å². The number of oxazole rings is 1. The molecule has 0 atom stereocenters. The van der Waals surface area contributed by atoms with E-state index in [2.05, 4.69) is 22.5 Å². The van der Waals surface area contributed by atoms with Crippen molar-refractivity contribution in [1.29, 1.82) is 0 Å². The van der Waals surface area contributed by atoms with Gasteiger partial charge >= 0.3 is 0 Å². The van der Waals surface area contributed by atoms with E-state index < -0.39 is 5.91 Å². The molecular weight excluding hydrogens is 454 g/mol. The van der Waals surface area contributed by atoms with Gasteiger partial charge < -0.3 is 24.3 Å². The fourth-order valence-corrected chi connectivity index (χ4v) is 3.83. The summed E-state index contributed by atoms with van der Waals surface area (Å²) >= 11 is 5.26. The van der Waals surface area contributed by atoms with Crippen molar-refractivity contribution >= 4 is 40.0 Å². The van der Waals surface area contributed by atoms with E-state index in [1.165, 1.54) is 6.07 Å². The molecule has 3 aromatic carbocycles. The lowest BCUT2D eigenvalue weighted by Crippen LogP contribution is -2.34. The predicted molar refractivity (Wildman–Crippen MR) is 132 cm³/mol. The number of aromatic nitrogens is 1. The Morgan fingerprint density at radius 3 is 2.68 bits per heavy atom. The van der Waals surface area contributed by atoms with Crippen LogP contribution in [0.1, 0.15) is 22.8 Å². The molecule has 0 fully saturated rings. The number of rotatable bonds is 4. The molecule has 0 saturated carbocycles. The molecular formula is C25H21N3O5S. The molecule has 172 valence electrons. The first-order chi connectivity index (χ1) is 16.5. The fourth-order valence-electron chi connectivity index (χ4n) is 3.62. The Kier molecular flexibility index (Phi) is 5.77. The van der Waals surface area contributed by atoms with E-state index in [0.717, 1.165) is 17.5 Å². The number of hydrogen-bond donors (Lipinski definition) is 3. The summed E-state index contributed by atoms with van der Waals surface area (Å²) in [6.07, 6.45) is 0.898. The Balaban J connectivity index is 1.27. The average molecular weight is 476 g/mol. The molecule has 34 heavy (non-hydrogen) atoms. The highest BCUT2D eigenvalue weighted by Crippen LogP contribution is 2.33. The number of fused-ring (bicyclic) bond motifs is 2. The number of nitrogens with one attached hydrogen (secondary N) is 2. The van der Waals surface area contributed by atoms with Crippen molar-refractivity contribution < 1.29 is 23.8 Å². The Labute approximate surface area is 200 Å². The Morgan fingerprint density at radius 2 is 1.88 bits per heavy atom. The number of carbonyl (C=O) groups is 1. The number of thiocarbonyl (C=S) groups is 1. The molecule has 1 aromatic heterocycles. The van der Waals surface area contributed by atoms with E-state index in [-0.39, 0.29) is 10.9 Å². The second-order valence-corrected chi connectivity index (χ2v) is 8.08. The van der Waals surface area contributed by atoms with Crippen LogP contribution in [0.4, 0.5) is 5.69 Å². The first kappa shape index (κ1) is 21.7. The maximum absolute atomic E-state index is 12.6. The number of amides is 1. The van der Waals surface area contributed by atoms with Gasteiger partial charge in [-0.1, -0.05) is 13.0 Å². The van der Waals surface area contributed by atoms with Gasteiger partial charge in [-0.25, -0.2) is 4.98 Å². The Morgan fingerprint density at radius 1 is 1.06 bits per heavy atom. The van der Waals surface area contributed by atoms with Crippen molar-refractivity contribution in [2.75, 3.05) is 18.5 Å². The first-order valence-electron chi connectivity index (χ1n) is 10.7. The summed E-state index contributed by atoms with van der Waals surface area (Å²) in [5.41, 5.74) is 3.87. The smallest absolute Gasteiger partial charge is 0.257 e. The number of hydrogen-bond acceptors (Lipinski definition) is 7. The normalized spacial score (nSPS) is 12.4. The van der Waals surface area contributed by atoms with Gasteiger partial charge in [0.05, 0.1) is 5.56 Å². The van der Waals surface area contributed by atoms with Gasteiger partial charge in [0, 0.05) is 17.3 Å². The molecule has 0 spiro atoms. The van der Waals surface area contributed by atoms with Gasteiger partial charge in [0.2, 0.25) is 5.89 Å². The fraction of sp³-hybridized carbons (Fsp3) is 0.160. The lowest BCUT2D eigenvalue weighted by atomic mass is 10.1. The highest BCUT2D eigenvalue weighted by atomic mass is 32.1. The highest BCUT2D eigenvalue weighted by Gasteiger charge is 2.17. The van der Waals surface area contributed by atoms with Gasteiger partial charge in [-0.3, -0.25) is 10.1 Å². The number of aromatic hydroxyl groups is 1. The molecule has 1 aliphatic heterocycles. The van der Waals surface area contributed by atoms with Crippen LogP contribution in [0, 0.1) is 0 Å². The van der Waals surface area contributed by atoms with E-state index in [1.54, 1.807) is 30.3 Å². The molecule has 9 heteroatoms. The van der Waals surface area contributed by atoms with Crippen LogP contribution in [0.3, 0.4) is 0 Å². The minimum absolute atomic E-state index is 0.0340. The lowest BCUT2D eigenvalue weighted by molar-refractivity contribution is 0.0976. The molecule has 4 aromatic rings. The van der Waals surface area contributed by atoms with Gasteiger partial charge in [0.1, 0.15) is 24.5 Å². The van der Waals surface area contributed by atoms with Crippen LogP contribution in [0.2, 0.25) is 0 Å². The summed E-state index contributed by atoms with van der Waals surface area (Å²) in [5, 5.41) is 16.2. The first-order valence-corrected chi connectivity index (χ1v) is 11.2. The molecule has 0 aliphatic carbocycles. The molecule has 3 N–H and O–H groups in total. The number of carbonyl (C=O) groups excluding carboxylic acids is 1. The molecule has 8 nitrogen and oxygen atoms in total. The third-order valence-corrected chi connectivity index (χ3v) is 5.58. The molecule has 5 rings (SSSR count). The van der Waals surface area contributed by atoms with E-state index in [9.17, 15) is 9.90 Å². The maximum atomic E-state index is 12.6. The van der Waals surface area contributed by atoms with Crippen molar-refractivity contribution in [3.05, 3.63) is 65.7 Å². The summed E-state index contributed by atoms with van der Waals surface area (Å²) in [6.45, 7) is 2.98. The van der Waals surface area contributed by atoms with Crippen LogP contribution < -0.4 is 20.1 Å². The highest BCUT2D eigenvalue weighted by molar-refractivity contribution is 7.80. The van der Waals surface area contributed by atoms with Gasteiger partial charge in [-0.15, -0.1) is 0 Å². The largest absolute Gasteiger partial charge is 0.507 e. The number of nitrogens with zero attached hydrogens (tertiary/aromatic N) is 1. The molecule has 0 radical (unpaired) electrons. The molecule has 0 unspecified atom stereocenters. The summed E-state index contributed by atoms with van der Waals surface area (Å²) in [4.78, 5) is 17.1. The van der Waals surface area contributed by atoms with Crippen molar-refractivity contribution in [3.8, 4) is 28.7 Å². The number of ether oxygens (including phenoxy) is 2. The van der Waals surface area contributed by atoms with Gasteiger partial charge in [0.25, 0.3) is 5.91 Å². The van der Waals surface area contributed by atoms with E-state index in [1.807, 2.05) is 18.2 Å². The van der Waals surface area contributed by atoms with E-state index in [4.69, 9.17) is 26.1 Å². The minimum Gasteiger partial charge on any atom is -0.507 e. The van der Waals surface area contributed by atoms with Gasteiger partial charge in [-0.05, 0) is 66.7 Å². The van der Waals surface area contributed by atoms with Crippen molar-refractivity contribution in [2.24, 2.45) is 0 Å². The summed E-state index contributed by atoms with van der Waals surface area (Å²) in [7, 11) is 0. The van der Waals surface area contributed by atoms with Gasteiger partial charge in [0.15, 0.2) is 22.2 Å². The SMILES string of the molecule is CCc1ccc2oc(-c3ccc(NC(=S)NC(=O)c4ccc5c(c4)OCCO5)cc3O)nc2c1. The molecule has 2 heterocycles. The third kappa shape index (κ3) is 4.38. The average Bonchev–Trinajstić information content (AvgIpc) is 3.26. The molecule has 1 aliphatic rings. The maximum Gasteiger partial charge on any atom is 0.257 e. The van der Waals surface area contributed by atoms with Crippen LogP contribution in [-0.4, -0.2) is 34.3 Å². The van der Waals surface area contributed by atoms with Crippen LogP contribution in [0.15, 0.2) is 59.0 Å². The number of anilines is 1. The lowest BCUT2D eigenvalue weighted by Gasteiger charge is -2.18. The van der Waals surface area contributed by atoms with Gasteiger partial charge in [-0.2, -0.15) is 0 Å². The standard InChI is InChI=1S/C25H21N3O5S/c1-2-14-3-7-20-18(11-14)27-24(33-20)17-6-5-16(13-19(17)29)26-25(34)28-23(30)15-4-8-21-22(12-15)32-10-9-31-21/h3-8,11-13,29H,2,9-10H2,1H3,(H2,26,28,30,34). The number of benzene rings is 3. The molecule has 0 bridgehead atoms. The number of aryl methyl sites for hydroxylation is 1. The van der Waals surface area contributed by atoms with Crippen molar-refractivity contribution in [1.82, 2.24) is 10.3 Å². The quantitative estimate of drug-likeness (QED) is 0.366. The zero-order chi connectivity index (χ0) is 23.7. The minimum atomic E-state index is -0.395. The second kappa shape index (κ2) is 9.03. The van der Waals surface area contributed by atoms with Crippen LogP contribution in [0.25, 0.3) is 22.6 Å². The van der Waals surface area contributed by atoms with Crippen LogP contribution in [-0.2, 0) is 6.42 Å². The zero-order valence-electron chi connectivity index (χ0n) is 18.3. The topological polar surface area (TPSA) is 106 Å². The molecule has 0 saturated heterocycles. The molecule has 1 amide bonds. The predicted octanol–water partition coefficient (Wildman–Crippen LogP) is 4.66. The second-order valence-electron chi connectivity index (χ2n) is 7.67. The summed E-state index contributed by atoms with van der Waals surface area (Å²) in [5.74, 6) is 1.01. The van der Waals surface area contributed by atoms with E-state index in [0.29, 0.717) is 53.0 Å². The monoisotopic (exact) mass is 475 g/mol. The summed E-state index contributed by atoms with van der Waals surface area (Å²) in [6, 6.07) is 15.6. The van der Waals surface area contributed by atoms with Crippen molar-refractivity contribution in [3.63, 3.8) is 0 Å². The summed E-state index contributed by atoms with van der Waals surface area (Å²) < 4.78 is 16.8. The zero-order valence-corrected chi connectivity index (χ0v) is 19.1. The number of phenols is 1. The van der Waals surface area contributed by atoms with E-state index >= 15 is 0 Å². The Hall–Kier alpha value is -4.11. The van der Waals surface area contributed by atoms with Crippen LogP contribution in [0.5, 0.6) is 17.2 Å².